The number of amides is 4. The molecule has 8 unspecified atom stereocenters. The standard InChI is InChI=1S/C61H61N5O10/c1-39(2)51(57(70)74-4)63-60(73)65-48-31-30-40(21-18-32-64(3)38-41-19-9-5-10-20-41)35-47(48)61(59(65)72)50(56(69)62-37-49(68)42-22-11-6-12-23-42)53-58(71)76-54(44-26-15-8-16-27-44)52(43-24-13-7-14-25-43)66(53)55(61)45-28-17-29-46(36-45)75-34-33-67/h5-17,19-20,22-31,35-36,39,49-55,67-68H,32-34,37-38H2,1-4H3,(H,62,69)(H,63,73). The number of aliphatic hydroxyl groups is 2. The molecule has 0 saturated carbocycles. The van der Waals surface area contributed by atoms with Crippen molar-refractivity contribution in [1.29, 1.82) is 0 Å². The Morgan fingerprint density at radius 3 is 2.11 bits per heavy atom. The van der Waals surface area contributed by atoms with Crippen LogP contribution in [0.4, 0.5) is 10.5 Å². The Kier molecular flexibility index (Phi) is 16.1. The van der Waals surface area contributed by atoms with Crippen molar-refractivity contribution < 1.29 is 48.4 Å². The molecule has 3 aliphatic rings. The van der Waals surface area contributed by atoms with Crippen LogP contribution in [0.3, 0.4) is 0 Å². The van der Waals surface area contributed by atoms with Crippen molar-refractivity contribution in [2.75, 3.05) is 45.4 Å². The van der Waals surface area contributed by atoms with Crippen LogP contribution >= 0.6 is 0 Å². The van der Waals surface area contributed by atoms with E-state index in [4.69, 9.17) is 14.2 Å². The van der Waals surface area contributed by atoms with E-state index in [0.29, 0.717) is 46.7 Å². The van der Waals surface area contributed by atoms with Gasteiger partial charge in [-0.25, -0.2) is 14.5 Å². The van der Waals surface area contributed by atoms with E-state index < -0.39 is 83.4 Å². The summed E-state index contributed by atoms with van der Waals surface area (Å²) in [6.45, 7) is 3.76. The van der Waals surface area contributed by atoms with Gasteiger partial charge in [0.2, 0.25) is 11.8 Å². The van der Waals surface area contributed by atoms with Gasteiger partial charge in [0.05, 0.1) is 50.1 Å². The number of methoxy groups -OCH3 is 1. The number of anilines is 1. The number of carbonyl (C=O) groups is 5. The number of imide groups is 1. The van der Waals surface area contributed by atoms with Crippen molar-refractivity contribution in [3.8, 4) is 17.6 Å². The molecule has 3 aliphatic heterocycles. The molecular weight excluding hydrogens is 963 g/mol. The number of morpholine rings is 1. The molecule has 390 valence electrons. The van der Waals surface area contributed by atoms with Crippen molar-refractivity contribution in [3.63, 3.8) is 0 Å². The maximum Gasteiger partial charge on any atom is 0.329 e. The molecule has 15 nitrogen and oxygen atoms in total. The molecule has 8 atom stereocenters. The Hall–Kier alpha value is -8.13. The van der Waals surface area contributed by atoms with Gasteiger partial charge in [-0.1, -0.05) is 159 Å². The highest BCUT2D eigenvalue weighted by Gasteiger charge is 2.75. The average molecular weight is 1020 g/mol. The first-order chi connectivity index (χ1) is 36.9. The third-order valence-corrected chi connectivity index (χ3v) is 14.4. The van der Waals surface area contributed by atoms with Crippen LogP contribution in [0.25, 0.3) is 0 Å². The summed E-state index contributed by atoms with van der Waals surface area (Å²) < 4.78 is 17.7. The van der Waals surface area contributed by atoms with Crippen LogP contribution in [0.1, 0.15) is 77.1 Å². The molecule has 15 heteroatoms. The van der Waals surface area contributed by atoms with E-state index in [1.54, 1.807) is 86.6 Å². The van der Waals surface area contributed by atoms with E-state index in [0.717, 1.165) is 10.5 Å². The summed E-state index contributed by atoms with van der Waals surface area (Å²) in [5.74, 6) is 1.52. The van der Waals surface area contributed by atoms with Gasteiger partial charge in [0.1, 0.15) is 36.0 Å². The number of nitrogens with one attached hydrogen (secondary N) is 2. The Labute approximate surface area is 442 Å². The first kappa shape index (κ1) is 52.7. The molecule has 76 heavy (non-hydrogen) atoms. The number of esters is 2. The minimum atomic E-state index is -2.19. The molecule has 2 fully saturated rings. The van der Waals surface area contributed by atoms with Gasteiger partial charge in [-0.05, 0) is 76.7 Å². The normalized spacial score (nSPS) is 21.5. The maximum atomic E-state index is 16.8. The van der Waals surface area contributed by atoms with Crippen LogP contribution in [0.15, 0.2) is 164 Å². The molecular formula is C61H61N5O10. The second-order valence-corrected chi connectivity index (χ2v) is 19.6. The molecule has 3 heterocycles. The lowest BCUT2D eigenvalue weighted by atomic mass is 9.65. The van der Waals surface area contributed by atoms with E-state index in [9.17, 15) is 15.0 Å². The van der Waals surface area contributed by atoms with Gasteiger partial charge in [-0.15, -0.1) is 0 Å². The van der Waals surface area contributed by atoms with Crippen LogP contribution in [-0.2, 0) is 40.6 Å². The minimum absolute atomic E-state index is 0.0646. The Bertz CT molecular complexity index is 3110. The van der Waals surface area contributed by atoms with E-state index >= 15 is 19.2 Å². The minimum Gasteiger partial charge on any atom is -0.491 e. The van der Waals surface area contributed by atoms with Crippen molar-refractivity contribution in [2.45, 2.75) is 62.2 Å². The molecule has 1 spiro atoms. The third kappa shape index (κ3) is 10.3. The van der Waals surface area contributed by atoms with E-state index in [1.807, 2.05) is 103 Å². The number of benzene rings is 6. The highest BCUT2D eigenvalue weighted by molar-refractivity contribution is 6.25. The molecule has 2 saturated heterocycles. The summed E-state index contributed by atoms with van der Waals surface area (Å²) in [6.07, 6.45) is -2.19. The third-order valence-electron chi connectivity index (χ3n) is 14.4. The lowest BCUT2D eigenvalue weighted by Gasteiger charge is -2.46. The molecule has 4 amide bonds. The Morgan fingerprint density at radius 2 is 1.45 bits per heavy atom. The van der Waals surface area contributed by atoms with E-state index in [1.165, 1.54) is 7.11 Å². The summed E-state index contributed by atoms with van der Waals surface area (Å²) in [5.41, 5.74) is 1.94. The highest BCUT2D eigenvalue weighted by atomic mass is 16.6. The van der Waals surface area contributed by atoms with Crippen LogP contribution in [0.5, 0.6) is 5.75 Å². The van der Waals surface area contributed by atoms with Crippen LogP contribution in [0, 0.1) is 23.7 Å². The zero-order chi connectivity index (χ0) is 53.5. The monoisotopic (exact) mass is 1020 g/mol. The highest BCUT2D eigenvalue weighted by Crippen LogP contribution is 2.66. The number of hydrogen-bond donors (Lipinski definition) is 4. The fourth-order valence-electron chi connectivity index (χ4n) is 11.1. The zero-order valence-corrected chi connectivity index (χ0v) is 42.7. The Morgan fingerprint density at radius 1 is 0.803 bits per heavy atom. The number of rotatable bonds is 16. The smallest absolute Gasteiger partial charge is 0.329 e. The van der Waals surface area contributed by atoms with E-state index in [2.05, 4.69) is 27.4 Å². The second kappa shape index (κ2) is 23.2. The predicted octanol–water partition coefficient (Wildman–Crippen LogP) is 6.96. The van der Waals surface area contributed by atoms with Crippen molar-refractivity contribution in [3.05, 3.63) is 203 Å². The van der Waals surface area contributed by atoms with Crippen molar-refractivity contribution >= 4 is 35.5 Å². The van der Waals surface area contributed by atoms with Gasteiger partial charge in [0.25, 0.3) is 0 Å². The molecule has 4 N–H and O–H groups in total. The first-order valence-corrected chi connectivity index (χ1v) is 25.4. The number of ether oxygens (including phenoxy) is 3. The largest absolute Gasteiger partial charge is 0.491 e. The predicted molar refractivity (Wildman–Crippen MR) is 284 cm³/mol. The van der Waals surface area contributed by atoms with Crippen molar-refractivity contribution in [1.82, 2.24) is 20.4 Å². The van der Waals surface area contributed by atoms with Gasteiger partial charge >= 0.3 is 18.0 Å². The van der Waals surface area contributed by atoms with Gasteiger partial charge in [-0.2, -0.15) is 0 Å². The van der Waals surface area contributed by atoms with Gasteiger partial charge < -0.3 is 35.1 Å². The zero-order valence-electron chi connectivity index (χ0n) is 42.7. The number of nitrogens with zero attached hydrogens (tertiary/aromatic N) is 3. The number of hydrogen-bond acceptors (Lipinski definition) is 12. The summed E-state index contributed by atoms with van der Waals surface area (Å²) in [4.78, 5) is 81.7. The topological polar surface area (TPSA) is 187 Å². The summed E-state index contributed by atoms with van der Waals surface area (Å²) in [5, 5.41) is 27.2. The van der Waals surface area contributed by atoms with Gasteiger partial charge in [-0.3, -0.25) is 24.2 Å². The number of fused-ring (bicyclic) bond motifs is 3. The molecule has 0 bridgehead atoms. The molecule has 6 aromatic carbocycles. The molecule has 6 aromatic rings. The van der Waals surface area contributed by atoms with Crippen molar-refractivity contribution in [2.24, 2.45) is 11.8 Å². The van der Waals surface area contributed by atoms with Gasteiger partial charge in [0.15, 0.2) is 0 Å². The first-order valence-electron chi connectivity index (χ1n) is 25.4. The summed E-state index contributed by atoms with van der Waals surface area (Å²) >= 11 is 0. The quantitative estimate of drug-likeness (QED) is 0.0578. The van der Waals surface area contributed by atoms with Crippen LogP contribution in [-0.4, -0.2) is 102 Å². The Balaban J connectivity index is 1.31. The number of urea groups is 1. The van der Waals surface area contributed by atoms with Crippen LogP contribution in [0.2, 0.25) is 0 Å². The SMILES string of the molecule is COC(=O)C(NC(=O)N1C(=O)C2(c3cc(C#CCN(C)Cc4ccccc4)ccc31)C(C(=O)NCC(O)c1ccccc1)C1C(=O)OC(c3ccccc3)C(c3ccccc3)N1C2c1cccc(OCCO)c1)C(C)C. The maximum absolute atomic E-state index is 16.8. The number of cyclic esters (lactones) is 1. The fourth-order valence-corrected chi connectivity index (χ4v) is 11.1. The number of carbonyl (C=O) groups excluding carboxylic acids is 5. The fraction of sp³-hybridized carbons (Fsp3) is 0.295. The molecule has 0 radical (unpaired) electrons. The summed E-state index contributed by atoms with van der Waals surface area (Å²) in [7, 11) is 3.16. The lowest BCUT2D eigenvalue weighted by Crippen LogP contribution is -2.58. The molecule has 0 aliphatic carbocycles. The molecule has 9 rings (SSSR count). The lowest BCUT2D eigenvalue weighted by molar-refractivity contribution is -0.178. The van der Waals surface area contributed by atoms with E-state index in [-0.39, 0.29) is 31.0 Å². The summed E-state index contributed by atoms with van der Waals surface area (Å²) in [6, 6.07) is 43.4. The van der Waals surface area contributed by atoms with Gasteiger partial charge in [0, 0.05) is 18.7 Å². The second-order valence-electron chi connectivity index (χ2n) is 19.6. The number of aliphatic hydroxyl groups excluding tert-OH is 2. The molecule has 0 aromatic heterocycles. The average Bonchev–Trinajstić information content (AvgIpc) is 4.06. The van der Waals surface area contributed by atoms with Crippen LogP contribution < -0.4 is 20.3 Å².